The van der Waals surface area contributed by atoms with Gasteiger partial charge in [0.05, 0.1) is 5.54 Å². The Labute approximate surface area is 108 Å². The first kappa shape index (κ1) is 13.1. The van der Waals surface area contributed by atoms with Crippen LogP contribution in [0.4, 0.5) is 4.39 Å². The van der Waals surface area contributed by atoms with Gasteiger partial charge in [-0.25, -0.2) is 4.39 Å². The summed E-state index contributed by atoms with van der Waals surface area (Å²) < 4.78 is 12.9. The minimum atomic E-state index is -0.469. The predicted octanol–water partition coefficient (Wildman–Crippen LogP) is 3.22. The van der Waals surface area contributed by atoms with Crippen LogP contribution in [0.1, 0.15) is 39.7 Å². The summed E-state index contributed by atoms with van der Waals surface area (Å²) in [6, 6.07) is 6.27. The Morgan fingerprint density at radius 3 is 2.28 bits per heavy atom. The molecule has 1 fully saturated rings. The summed E-state index contributed by atoms with van der Waals surface area (Å²) in [6.07, 6.45) is 0.943. The van der Waals surface area contributed by atoms with Crippen molar-refractivity contribution in [1.82, 2.24) is 5.32 Å². The topological polar surface area (TPSA) is 29.1 Å². The molecule has 1 amide bonds. The lowest BCUT2D eigenvalue weighted by atomic mass is 9.93. The molecule has 1 atom stereocenters. The number of rotatable bonds is 3. The molecule has 0 bridgehead atoms. The lowest BCUT2D eigenvalue weighted by Gasteiger charge is -2.27. The number of benzene rings is 1. The van der Waals surface area contributed by atoms with Gasteiger partial charge in [0.25, 0.3) is 0 Å². The first-order valence-electron chi connectivity index (χ1n) is 6.30. The van der Waals surface area contributed by atoms with Gasteiger partial charge in [-0.05, 0) is 43.4 Å². The van der Waals surface area contributed by atoms with Gasteiger partial charge in [-0.1, -0.05) is 26.0 Å². The molecular formula is C15H20FNO. The molecule has 0 unspecified atom stereocenters. The fraction of sp³-hybridized carbons (Fsp3) is 0.533. The van der Waals surface area contributed by atoms with E-state index in [1.54, 1.807) is 12.1 Å². The van der Waals surface area contributed by atoms with E-state index in [4.69, 9.17) is 0 Å². The van der Waals surface area contributed by atoms with Gasteiger partial charge in [-0.3, -0.25) is 4.79 Å². The van der Waals surface area contributed by atoms with Gasteiger partial charge >= 0.3 is 0 Å². The van der Waals surface area contributed by atoms with Crippen LogP contribution in [0.5, 0.6) is 0 Å². The third-order valence-electron chi connectivity index (χ3n) is 3.83. The maximum Gasteiger partial charge on any atom is 0.224 e. The first-order valence-corrected chi connectivity index (χ1v) is 6.30. The third-order valence-corrected chi connectivity index (χ3v) is 3.83. The van der Waals surface area contributed by atoms with E-state index in [1.165, 1.54) is 12.1 Å². The highest BCUT2D eigenvalue weighted by Gasteiger charge is 2.51. The highest BCUT2D eigenvalue weighted by Crippen LogP contribution is 2.51. The van der Waals surface area contributed by atoms with E-state index in [2.05, 4.69) is 19.2 Å². The van der Waals surface area contributed by atoms with Crippen molar-refractivity contribution >= 4 is 5.91 Å². The molecule has 1 aliphatic rings. The molecule has 0 aliphatic heterocycles. The summed E-state index contributed by atoms with van der Waals surface area (Å²) in [5.41, 5.74) is 0.572. The van der Waals surface area contributed by atoms with Crippen molar-refractivity contribution in [2.45, 2.75) is 39.7 Å². The minimum Gasteiger partial charge on any atom is -0.347 e. The first-order chi connectivity index (χ1) is 8.22. The Morgan fingerprint density at radius 1 is 1.33 bits per heavy atom. The van der Waals surface area contributed by atoms with E-state index in [9.17, 15) is 9.18 Å². The number of hydrogen-bond donors (Lipinski definition) is 1. The Bertz CT molecular complexity index is 462. The van der Waals surface area contributed by atoms with Gasteiger partial charge in [0.15, 0.2) is 0 Å². The molecule has 0 aromatic heterocycles. The average Bonchev–Trinajstić information content (AvgIpc) is 2.88. The highest BCUT2D eigenvalue weighted by molar-refractivity contribution is 5.83. The molecule has 98 valence electrons. The summed E-state index contributed by atoms with van der Waals surface area (Å²) in [5.74, 6) is -0.0595. The summed E-state index contributed by atoms with van der Waals surface area (Å²) in [6.45, 7) is 8.07. The lowest BCUT2D eigenvalue weighted by molar-refractivity contribution is -0.124. The molecule has 0 spiro atoms. The van der Waals surface area contributed by atoms with Crippen LogP contribution in [-0.2, 0) is 10.3 Å². The molecular weight excluding hydrogens is 229 g/mol. The van der Waals surface area contributed by atoms with Crippen molar-refractivity contribution in [3.8, 4) is 0 Å². The van der Waals surface area contributed by atoms with E-state index in [-0.39, 0.29) is 23.1 Å². The van der Waals surface area contributed by atoms with Crippen LogP contribution < -0.4 is 5.32 Å². The maximum absolute atomic E-state index is 12.9. The molecule has 1 saturated carbocycles. The zero-order valence-corrected chi connectivity index (χ0v) is 11.4. The molecule has 0 radical (unpaired) electrons. The summed E-state index contributed by atoms with van der Waals surface area (Å²) in [7, 11) is 0. The zero-order chi connectivity index (χ0) is 13.6. The van der Waals surface area contributed by atoms with Crippen molar-refractivity contribution in [2.75, 3.05) is 0 Å². The van der Waals surface area contributed by atoms with Gasteiger partial charge < -0.3 is 5.32 Å². The van der Waals surface area contributed by atoms with E-state index in [0.29, 0.717) is 0 Å². The second kappa shape index (κ2) is 4.08. The van der Waals surface area contributed by atoms with Crippen LogP contribution in [0.15, 0.2) is 24.3 Å². The molecule has 0 heterocycles. The number of carbonyl (C=O) groups is 1. The quantitative estimate of drug-likeness (QED) is 0.875. The standard InChI is InChI=1S/C15H20FNO/c1-14(2)9-12(14)13(18)17-15(3,4)10-5-7-11(16)8-6-10/h5-8,12H,9H2,1-4H3,(H,17,18)/t12-/m1/s1. The van der Waals surface area contributed by atoms with E-state index >= 15 is 0 Å². The van der Waals surface area contributed by atoms with Gasteiger partial charge in [-0.2, -0.15) is 0 Å². The normalized spacial score (nSPS) is 21.5. The van der Waals surface area contributed by atoms with Crippen LogP contribution in [-0.4, -0.2) is 5.91 Å². The number of halogens is 1. The fourth-order valence-corrected chi connectivity index (χ4v) is 2.25. The van der Waals surface area contributed by atoms with Gasteiger partial charge in [0.2, 0.25) is 5.91 Å². The molecule has 1 aromatic rings. The number of carbonyl (C=O) groups excluding carboxylic acids is 1. The van der Waals surface area contributed by atoms with Gasteiger partial charge in [-0.15, -0.1) is 0 Å². The molecule has 3 heteroatoms. The van der Waals surface area contributed by atoms with Crippen LogP contribution in [0.3, 0.4) is 0 Å². The van der Waals surface area contributed by atoms with Crippen molar-refractivity contribution in [3.05, 3.63) is 35.6 Å². The summed E-state index contributed by atoms with van der Waals surface area (Å²) >= 11 is 0. The van der Waals surface area contributed by atoms with Crippen LogP contribution in [0.25, 0.3) is 0 Å². The lowest BCUT2D eigenvalue weighted by Crippen LogP contribution is -2.42. The maximum atomic E-state index is 12.9. The summed E-state index contributed by atoms with van der Waals surface area (Å²) in [5, 5.41) is 3.05. The Morgan fingerprint density at radius 2 is 1.83 bits per heavy atom. The molecule has 1 aromatic carbocycles. The Kier molecular flexibility index (Phi) is 2.96. The number of amides is 1. The molecule has 18 heavy (non-hydrogen) atoms. The van der Waals surface area contributed by atoms with Crippen molar-refractivity contribution in [3.63, 3.8) is 0 Å². The molecule has 1 aliphatic carbocycles. The van der Waals surface area contributed by atoms with Crippen LogP contribution in [0.2, 0.25) is 0 Å². The van der Waals surface area contributed by atoms with Crippen LogP contribution in [0, 0.1) is 17.2 Å². The monoisotopic (exact) mass is 249 g/mol. The average molecular weight is 249 g/mol. The van der Waals surface area contributed by atoms with Gasteiger partial charge in [0, 0.05) is 5.92 Å². The van der Waals surface area contributed by atoms with E-state index in [1.807, 2.05) is 13.8 Å². The molecule has 0 saturated heterocycles. The van der Waals surface area contributed by atoms with Crippen molar-refractivity contribution in [2.24, 2.45) is 11.3 Å². The zero-order valence-electron chi connectivity index (χ0n) is 11.4. The molecule has 1 N–H and O–H groups in total. The molecule has 2 nitrogen and oxygen atoms in total. The highest BCUT2D eigenvalue weighted by atomic mass is 19.1. The second-order valence-electron chi connectivity index (χ2n) is 6.37. The fourth-order valence-electron chi connectivity index (χ4n) is 2.25. The Hall–Kier alpha value is -1.38. The van der Waals surface area contributed by atoms with Crippen molar-refractivity contribution < 1.29 is 9.18 Å². The second-order valence-corrected chi connectivity index (χ2v) is 6.37. The predicted molar refractivity (Wildman–Crippen MR) is 69.5 cm³/mol. The van der Waals surface area contributed by atoms with E-state index < -0.39 is 5.54 Å². The Balaban J connectivity index is 2.07. The van der Waals surface area contributed by atoms with Gasteiger partial charge in [0.1, 0.15) is 5.82 Å². The number of nitrogens with one attached hydrogen (secondary N) is 1. The SMILES string of the molecule is CC(C)(NC(=O)[C@H]1CC1(C)C)c1ccc(F)cc1. The van der Waals surface area contributed by atoms with Crippen LogP contribution >= 0.6 is 0 Å². The summed E-state index contributed by atoms with van der Waals surface area (Å²) in [4.78, 5) is 12.1. The smallest absolute Gasteiger partial charge is 0.224 e. The number of hydrogen-bond acceptors (Lipinski definition) is 1. The van der Waals surface area contributed by atoms with E-state index in [0.717, 1.165) is 12.0 Å². The minimum absolute atomic E-state index is 0.0920. The third kappa shape index (κ3) is 2.55. The van der Waals surface area contributed by atoms with Crippen molar-refractivity contribution in [1.29, 1.82) is 0 Å². The largest absolute Gasteiger partial charge is 0.347 e. The molecule has 2 rings (SSSR count).